The third kappa shape index (κ3) is 5.57. The molecule has 0 fully saturated rings. The molecule has 16 heavy (non-hydrogen) atoms. The Morgan fingerprint density at radius 2 is 1.88 bits per heavy atom. The summed E-state index contributed by atoms with van der Waals surface area (Å²) in [6, 6.07) is 8.93. The zero-order chi connectivity index (χ0) is 11.8. The third-order valence-electron chi connectivity index (χ3n) is 2.56. The Morgan fingerprint density at radius 3 is 2.44 bits per heavy atom. The molecule has 0 unspecified atom stereocenters. The molecule has 90 valence electrons. The average Bonchev–Trinajstić information content (AvgIpc) is 2.27. The highest BCUT2D eigenvalue weighted by Crippen LogP contribution is 2.21. The first kappa shape index (κ1) is 13.6. The second-order valence-electron chi connectivity index (χ2n) is 4.57. The van der Waals surface area contributed by atoms with Crippen LogP contribution in [0.4, 0.5) is 0 Å². The maximum absolute atomic E-state index is 5.50. The first-order valence-electron chi connectivity index (χ1n) is 6.14. The van der Waals surface area contributed by atoms with Gasteiger partial charge in [0, 0.05) is 4.90 Å². The fourth-order valence-electron chi connectivity index (χ4n) is 1.47. The molecular weight excluding hydrogens is 214 g/mol. The van der Waals surface area contributed by atoms with Crippen molar-refractivity contribution in [3.05, 3.63) is 29.8 Å². The van der Waals surface area contributed by atoms with E-state index in [0.717, 1.165) is 25.3 Å². The van der Waals surface area contributed by atoms with E-state index < -0.39 is 0 Å². The van der Waals surface area contributed by atoms with Crippen LogP contribution in [-0.2, 0) is 6.42 Å². The minimum atomic E-state index is 0.783. The minimum Gasteiger partial charge on any atom is -0.330 e. The summed E-state index contributed by atoms with van der Waals surface area (Å²) < 4.78 is 0. The van der Waals surface area contributed by atoms with Gasteiger partial charge >= 0.3 is 0 Å². The number of nitrogens with two attached hydrogens (primary N) is 1. The Balaban J connectivity index is 2.33. The molecule has 0 radical (unpaired) electrons. The molecule has 0 atom stereocenters. The number of hydrogen-bond donors (Lipinski definition) is 1. The topological polar surface area (TPSA) is 26.0 Å². The van der Waals surface area contributed by atoms with Gasteiger partial charge in [0.25, 0.3) is 0 Å². The Hall–Kier alpha value is -0.470. The lowest BCUT2D eigenvalue weighted by molar-refractivity contribution is 0.632. The molecule has 0 bridgehead atoms. The molecule has 2 heteroatoms. The van der Waals surface area contributed by atoms with Crippen molar-refractivity contribution >= 4 is 11.8 Å². The van der Waals surface area contributed by atoms with Gasteiger partial charge in [-0.2, -0.15) is 0 Å². The highest BCUT2D eigenvalue weighted by molar-refractivity contribution is 7.99. The van der Waals surface area contributed by atoms with Crippen LogP contribution in [0.5, 0.6) is 0 Å². The molecule has 0 saturated heterocycles. The molecule has 0 aliphatic carbocycles. The van der Waals surface area contributed by atoms with E-state index >= 15 is 0 Å². The first-order chi connectivity index (χ1) is 7.72. The Morgan fingerprint density at radius 1 is 1.19 bits per heavy atom. The van der Waals surface area contributed by atoms with Gasteiger partial charge in [-0.3, -0.25) is 0 Å². The average molecular weight is 237 g/mol. The molecule has 1 aromatic rings. The Bertz CT molecular complexity index is 279. The molecule has 2 N–H and O–H groups in total. The summed E-state index contributed by atoms with van der Waals surface area (Å²) in [5.41, 5.74) is 6.90. The number of thioether (sulfide) groups is 1. The van der Waals surface area contributed by atoms with Crippen molar-refractivity contribution in [1.82, 2.24) is 0 Å². The first-order valence-corrected chi connectivity index (χ1v) is 7.12. The van der Waals surface area contributed by atoms with E-state index in [1.165, 1.54) is 22.6 Å². The van der Waals surface area contributed by atoms with Gasteiger partial charge in [-0.25, -0.2) is 0 Å². The number of hydrogen-bond acceptors (Lipinski definition) is 2. The number of benzene rings is 1. The second kappa shape index (κ2) is 7.75. The fraction of sp³-hybridized carbons (Fsp3) is 0.571. The van der Waals surface area contributed by atoms with Crippen molar-refractivity contribution < 1.29 is 0 Å². The normalized spacial score (nSPS) is 11.0. The van der Waals surface area contributed by atoms with Crippen LogP contribution >= 0.6 is 11.8 Å². The van der Waals surface area contributed by atoms with E-state index in [1.54, 1.807) is 0 Å². The number of aryl methyl sites for hydroxylation is 1. The van der Waals surface area contributed by atoms with E-state index in [2.05, 4.69) is 38.1 Å². The van der Waals surface area contributed by atoms with Gasteiger partial charge in [0.1, 0.15) is 0 Å². The lowest BCUT2D eigenvalue weighted by Gasteiger charge is -2.05. The Kier molecular flexibility index (Phi) is 6.58. The zero-order valence-corrected chi connectivity index (χ0v) is 11.2. The van der Waals surface area contributed by atoms with Crippen LogP contribution < -0.4 is 5.73 Å². The lowest BCUT2D eigenvalue weighted by atomic mass is 10.1. The standard InChI is InChI=1S/C14H23NS/c1-12(2)9-11-16-14-7-5-13(6-8-14)4-3-10-15/h5-8,12H,3-4,9-11,15H2,1-2H3. The molecule has 1 rings (SSSR count). The summed E-state index contributed by atoms with van der Waals surface area (Å²) in [4.78, 5) is 1.39. The fourth-order valence-corrected chi connectivity index (χ4v) is 2.62. The van der Waals surface area contributed by atoms with Crippen molar-refractivity contribution in [2.75, 3.05) is 12.3 Å². The van der Waals surface area contributed by atoms with Crippen molar-refractivity contribution in [1.29, 1.82) is 0 Å². The molecule has 0 aromatic heterocycles. The van der Waals surface area contributed by atoms with Crippen LogP contribution in [-0.4, -0.2) is 12.3 Å². The molecule has 0 spiro atoms. The van der Waals surface area contributed by atoms with Crippen LogP contribution in [0.1, 0.15) is 32.3 Å². The lowest BCUT2D eigenvalue weighted by Crippen LogP contribution is -2.00. The SMILES string of the molecule is CC(C)CCSc1ccc(CCCN)cc1. The van der Waals surface area contributed by atoms with E-state index in [9.17, 15) is 0 Å². The highest BCUT2D eigenvalue weighted by atomic mass is 32.2. The van der Waals surface area contributed by atoms with Crippen LogP contribution in [0, 0.1) is 5.92 Å². The van der Waals surface area contributed by atoms with Crippen molar-refractivity contribution in [3.8, 4) is 0 Å². The highest BCUT2D eigenvalue weighted by Gasteiger charge is 1.97. The molecular formula is C14H23NS. The summed E-state index contributed by atoms with van der Waals surface area (Å²) >= 11 is 1.96. The van der Waals surface area contributed by atoms with E-state index in [0.29, 0.717) is 0 Å². The summed E-state index contributed by atoms with van der Waals surface area (Å²) in [6.07, 6.45) is 3.48. The smallest absolute Gasteiger partial charge is 0.00721 e. The monoisotopic (exact) mass is 237 g/mol. The molecule has 0 aliphatic rings. The maximum atomic E-state index is 5.50. The van der Waals surface area contributed by atoms with E-state index in [1.807, 2.05) is 11.8 Å². The molecule has 1 nitrogen and oxygen atoms in total. The van der Waals surface area contributed by atoms with Gasteiger partial charge in [-0.1, -0.05) is 26.0 Å². The molecule has 1 aromatic carbocycles. The van der Waals surface area contributed by atoms with Gasteiger partial charge in [-0.05, 0) is 55.2 Å². The second-order valence-corrected chi connectivity index (χ2v) is 5.74. The van der Waals surface area contributed by atoms with E-state index in [4.69, 9.17) is 5.73 Å². The molecule has 0 saturated carbocycles. The van der Waals surface area contributed by atoms with Crippen molar-refractivity contribution in [2.24, 2.45) is 11.7 Å². The quantitative estimate of drug-likeness (QED) is 0.732. The summed E-state index contributed by atoms with van der Waals surface area (Å²) in [5.74, 6) is 2.02. The van der Waals surface area contributed by atoms with Gasteiger partial charge < -0.3 is 5.73 Å². The maximum Gasteiger partial charge on any atom is 0.00721 e. The van der Waals surface area contributed by atoms with Crippen LogP contribution in [0.15, 0.2) is 29.2 Å². The Labute approximate surface area is 104 Å². The van der Waals surface area contributed by atoms with Gasteiger partial charge in [0.2, 0.25) is 0 Å². The number of rotatable bonds is 7. The minimum absolute atomic E-state index is 0.783. The van der Waals surface area contributed by atoms with Crippen molar-refractivity contribution in [3.63, 3.8) is 0 Å². The molecule has 0 aliphatic heterocycles. The summed E-state index contributed by atoms with van der Waals surface area (Å²) in [7, 11) is 0. The molecule has 0 heterocycles. The van der Waals surface area contributed by atoms with Crippen LogP contribution in [0.2, 0.25) is 0 Å². The van der Waals surface area contributed by atoms with Crippen molar-refractivity contribution in [2.45, 2.75) is 38.0 Å². The zero-order valence-electron chi connectivity index (χ0n) is 10.4. The van der Waals surface area contributed by atoms with Crippen LogP contribution in [0.25, 0.3) is 0 Å². The largest absolute Gasteiger partial charge is 0.330 e. The van der Waals surface area contributed by atoms with E-state index in [-0.39, 0.29) is 0 Å². The van der Waals surface area contributed by atoms with Gasteiger partial charge in [0.15, 0.2) is 0 Å². The van der Waals surface area contributed by atoms with Gasteiger partial charge in [-0.15, -0.1) is 11.8 Å². The van der Waals surface area contributed by atoms with Crippen LogP contribution in [0.3, 0.4) is 0 Å². The predicted octanol–water partition coefficient (Wildman–Crippen LogP) is 3.72. The predicted molar refractivity (Wildman–Crippen MR) is 74.0 cm³/mol. The van der Waals surface area contributed by atoms with Gasteiger partial charge in [0.05, 0.1) is 0 Å². The third-order valence-corrected chi connectivity index (χ3v) is 3.60. The summed E-state index contributed by atoms with van der Waals surface area (Å²) in [6.45, 7) is 5.33. The molecule has 0 amide bonds. The summed E-state index contributed by atoms with van der Waals surface area (Å²) in [5, 5.41) is 0.